The van der Waals surface area contributed by atoms with Crippen molar-refractivity contribution in [3.63, 3.8) is 0 Å². The molecule has 1 rings (SSSR count). The Balaban J connectivity index is 2.59. The van der Waals surface area contributed by atoms with Gasteiger partial charge in [-0.2, -0.15) is 0 Å². The van der Waals surface area contributed by atoms with Gasteiger partial charge in [0.25, 0.3) is 0 Å². The second-order valence-electron chi connectivity index (χ2n) is 4.01. The average molecular weight is 215 g/mol. The molecule has 16 heavy (non-hydrogen) atoms. The minimum absolute atomic E-state index is 0.642. The van der Waals surface area contributed by atoms with E-state index in [0.717, 1.165) is 18.7 Å². The molecular weight excluding hydrogens is 194 g/mol. The van der Waals surface area contributed by atoms with E-state index >= 15 is 0 Å². The van der Waals surface area contributed by atoms with Crippen LogP contribution in [0.2, 0.25) is 0 Å². The van der Waals surface area contributed by atoms with Crippen LogP contribution in [0.3, 0.4) is 0 Å². The Labute approximate surface area is 99.3 Å². The lowest BCUT2D eigenvalue weighted by Gasteiger charge is -2.07. The lowest BCUT2D eigenvalue weighted by Crippen LogP contribution is -2.11. The van der Waals surface area contributed by atoms with Crippen LogP contribution in [0.1, 0.15) is 44.2 Å². The van der Waals surface area contributed by atoms with Crippen molar-refractivity contribution in [2.75, 3.05) is 13.1 Å². The molecule has 0 saturated carbocycles. The highest BCUT2D eigenvalue weighted by atomic mass is 14.8. The van der Waals surface area contributed by atoms with Gasteiger partial charge in [0.15, 0.2) is 0 Å². The summed E-state index contributed by atoms with van der Waals surface area (Å²) in [5.74, 6) is 6.90. The largest absolute Gasteiger partial charge is 0.306 e. The third-order valence-corrected chi connectivity index (χ3v) is 2.79. The fourth-order valence-corrected chi connectivity index (χ4v) is 1.46. The van der Waals surface area contributed by atoms with Gasteiger partial charge in [-0.25, -0.2) is 0 Å². The summed E-state index contributed by atoms with van der Waals surface area (Å²) in [6.07, 6.45) is 1.19. The summed E-state index contributed by atoms with van der Waals surface area (Å²) >= 11 is 0. The predicted molar refractivity (Wildman–Crippen MR) is 70.6 cm³/mol. The first-order valence-corrected chi connectivity index (χ1v) is 6.07. The lowest BCUT2D eigenvalue weighted by molar-refractivity contribution is 0.733. The predicted octanol–water partition coefficient (Wildman–Crippen LogP) is 3.16. The van der Waals surface area contributed by atoms with Crippen molar-refractivity contribution in [3.8, 4) is 11.8 Å². The first kappa shape index (κ1) is 12.8. The zero-order valence-corrected chi connectivity index (χ0v) is 10.5. The van der Waals surface area contributed by atoms with Gasteiger partial charge < -0.3 is 5.32 Å². The quantitative estimate of drug-likeness (QED) is 0.601. The van der Waals surface area contributed by atoms with Gasteiger partial charge >= 0.3 is 0 Å². The fourth-order valence-electron chi connectivity index (χ4n) is 1.46. The van der Waals surface area contributed by atoms with Crippen molar-refractivity contribution in [2.45, 2.75) is 33.1 Å². The topological polar surface area (TPSA) is 12.0 Å². The van der Waals surface area contributed by atoms with Crippen molar-refractivity contribution in [1.82, 2.24) is 5.32 Å². The van der Waals surface area contributed by atoms with Crippen LogP contribution in [-0.2, 0) is 0 Å². The van der Waals surface area contributed by atoms with E-state index in [9.17, 15) is 0 Å². The van der Waals surface area contributed by atoms with Gasteiger partial charge in [-0.1, -0.05) is 44.7 Å². The Morgan fingerprint density at radius 2 is 1.88 bits per heavy atom. The Hall–Kier alpha value is -1.26. The van der Waals surface area contributed by atoms with Crippen LogP contribution in [-0.4, -0.2) is 13.1 Å². The highest BCUT2D eigenvalue weighted by molar-refractivity contribution is 5.37. The summed E-state index contributed by atoms with van der Waals surface area (Å²) in [6.45, 7) is 8.30. The molecule has 0 amide bonds. The Morgan fingerprint density at radius 3 is 2.44 bits per heavy atom. The van der Waals surface area contributed by atoms with Crippen molar-refractivity contribution in [1.29, 1.82) is 0 Å². The van der Waals surface area contributed by atoms with E-state index in [1.165, 1.54) is 12.0 Å². The minimum Gasteiger partial charge on any atom is -0.306 e. The summed E-state index contributed by atoms with van der Waals surface area (Å²) < 4.78 is 0. The van der Waals surface area contributed by atoms with E-state index in [4.69, 9.17) is 0 Å². The van der Waals surface area contributed by atoms with Crippen molar-refractivity contribution in [3.05, 3.63) is 35.4 Å². The van der Waals surface area contributed by atoms with Crippen LogP contribution in [0, 0.1) is 11.8 Å². The number of hydrogen-bond donors (Lipinski definition) is 1. The van der Waals surface area contributed by atoms with Crippen LogP contribution in [0.5, 0.6) is 0 Å². The van der Waals surface area contributed by atoms with Crippen LogP contribution in [0.15, 0.2) is 24.3 Å². The molecule has 0 fully saturated rings. The molecule has 86 valence electrons. The van der Waals surface area contributed by atoms with Gasteiger partial charge in [0.2, 0.25) is 0 Å². The smallest absolute Gasteiger partial charge is 0.0580 e. The maximum absolute atomic E-state index is 3.18. The van der Waals surface area contributed by atoms with Crippen LogP contribution in [0.25, 0.3) is 0 Å². The molecule has 0 aliphatic carbocycles. The van der Waals surface area contributed by atoms with Gasteiger partial charge in [-0.3, -0.25) is 0 Å². The maximum Gasteiger partial charge on any atom is 0.0580 e. The molecule has 1 unspecified atom stereocenters. The monoisotopic (exact) mass is 215 g/mol. The molecule has 0 bridgehead atoms. The Kier molecular flexibility index (Phi) is 5.67. The normalized spacial score (nSPS) is 11.7. The first-order chi connectivity index (χ1) is 7.77. The highest BCUT2D eigenvalue weighted by Crippen LogP contribution is 2.18. The molecule has 0 radical (unpaired) electrons. The van der Waals surface area contributed by atoms with Gasteiger partial charge in [-0.15, -0.1) is 0 Å². The molecule has 0 aliphatic rings. The second-order valence-corrected chi connectivity index (χ2v) is 4.01. The van der Waals surface area contributed by atoms with E-state index in [-0.39, 0.29) is 0 Å². The van der Waals surface area contributed by atoms with E-state index in [0.29, 0.717) is 5.92 Å². The van der Waals surface area contributed by atoms with E-state index < -0.39 is 0 Å². The third kappa shape index (κ3) is 4.08. The Morgan fingerprint density at radius 1 is 1.19 bits per heavy atom. The molecule has 0 aliphatic heterocycles. The number of benzene rings is 1. The zero-order valence-electron chi connectivity index (χ0n) is 10.5. The molecule has 1 aromatic carbocycles. The van der Waals surface area contributed by atoms with Crippen molar-refractivity contribution >= 4 is 0 Å². The average Bonchev–Trinajstić information content (AvgIpc) is 2.34. The maximum atomic E-state index is 3.18. The molecule has 0 saturated heterocycles. The summed E-state index contributed by atoms with van der Waals surface area (Å²) in [5, 5.41) is 3.18. The number of nitrogens with one attached hydrogen (secondary N) is 1. The summed E-state index contributed by atoms with van der Waals surface area (Å²) in [5.41, 5.74) is 2.50. The molecule has 1 heteroatoms. The van der Waals surface area contributed by atoms with Crippen molar-refractivity contribution < 1.29 is 0 Å². The Bertz CT molecular complexity index is 353. The highest BCUT2D eigenvalue weighted by Gasteiger charge is 2.00. The minimum atomic E-state index is 0.642. The molecule has 0 spiro atoms. The SMILES string of the molecule is CCNCC#Cc1ccc(C(C)CC)cc1. The van der Waals surface area contributed by atoms with Gasteiger partial charge in [-0.05, 0) is 36.6 Å². The molecular formula is C15H21N. The summed E-state index contributed by atoms with van der Waals surface area (Å²) in [7, 11) is 0. The molecule has 1 aromatic rings. The standard InChI is InChI=1S/C15H21N/c1-4-13(3)15-10-8-14(9-11-15)7-6-12-16-5-2/h8-11,13,16H,4-5,12H2,1-3H3. The zero-order chi connectivity index (χ0) is 11.8. The van der Waals surface area contributed by atoms with E-state index in [1.807, 2.05) is 0 Å². The molecule has 1 atom stereocenters. The lowest BCUT2D eigenvalue weighted by atomic mass is 9.98. The van der Waals surface area contributed by atoms with Gasteiger partial charge in [0.1, 0.15) is 0 Å². The first-order valence-electron chi connectivity index (χ1n) is 6.07. The third-order valence-electron chi connectivity index (χ3n) is 2.79. The number of rotatable bonds is 4. The van der Waals surface area contributed by atoms with Gasteiger partial charge in [0, 0.05) is 5.56 Å². The molecule has 0 heterocycles. The van der Waals surface area contributed by atoms with E-state index in [2.05, 4.69) is 62.2 Å². The summed E-state index contributed by atoms with van der Waals surface area (Å²) in [6, 6.07) is 8.59. The fraction of sp³-hybridized carbons (Fsp3) is 0.467. The molecule has 1 nitrogen and oxygen atoms in total. The van der Waals surface area contributed by atoms with Crippen LogP contribution < -0.4 is 5.32 Å². The molecule has 0 aromatic heterocycles. The second kappa shape index (κ2) is 7.09. The summed E-state index contributed by atoms with van der Waals surface area (Å²) in [4.78, 5) is 0. The molecule has 1 N–H and O–H groups in total. The van der Waals surface area contributed by atoms with Crippen LogP contribution >= 0.6 is 0 Å². The number of hydrogen-bond acceptors (Lipinski definition) is 1. The van der Waals surface area contributed by atoms with E-state index in [1.54, 1.807) is 0 Å². The van der Waals surface area contributed by atoms with Crippen molar-refractivity contribution in [2.24, 2.45) is 0 Å². The van der Waals surface area contributed by atoms with Crippen LogP contribution in [0.4, 0.5) is 0 Å². The van der Waals surface area contributed by atoms with Gasteiger partial charge in [0.05, 0.1) is 6.54 Å².